The molecule has 2 amide bonds. The summed E-state index contributed by atoms with van der Waals surface area (Å²) in [7, 11) is 5.59. The van der Waals surface area contributed by atoms with Gasteiger partial charge in [0.25, 0.3) is 0 Å². The predicted octanol–water partition coefficient (Wildman–Crippen LogP) is 4.08. The van der Waals surface area contributed by atoms with Gasteiger partial charge in [-0.05, 0) is 56.4 Å². The van der Waals surface area contributed by atoms with E-state index in [1.54, 1.807) is 13.2 Å². The number of hydrogen-bond acceptors (Lipinski definition) is 3. The Bertz CT molecular complexity index is 734. The topological polar surface area (TPSA) is 53.6 Å². The molecular formula is C19H24ClN3O2. The van der Waals surface area contributed by atoms with Crippen molar-refractivity contribution < 1.29 is 9.53 Å². The van der Waals surface area contributed by atoms with Gasteiger partial charge in [0.2, 0.25) is 0 Å². The van der Waals surface area contributed by atoms with Gasteiger partial charge in [-0.25, -0.2) is 4.79 Å². The molecule has 0 aromatic heterocycles. The highest BCUT2D eigenvalue weighted by atomic mass is 35.5. The van der Waals surface area contributed by atoms with Crippen molar-refractivity contribution in [2.45, 2.75) is 13.0 Å². The van der Waals surface area contributed by atoms with E-state index in [0.717, 1.165) is 16.9 Å². The molecule has 0 saturated heterocycles. The molecule has 2 rings (SSSR count). The van der Waals surface area contributed by atoms with Crippen LogP contribution in [0.3, 0.4) is 0 Å². The van der Waals surface area contributed by atoms with E-state index in [0.29, 0.717) is 17.3 Å². The first-order valence-corrected chi connectivity index (χ1v) is 8.40. The third-order valence-electron chi connectivity index (χ3n) is 3.99. The lowest BCUT2D eigenvalue weighted by Crippen LogP contribution is -2.36. The lowest BCUT2D eigenvalue weighted by atomic mass is 10.1. The first kappa shape index (κ1) is 19.1. The number of urea groups is 1. The SMILES string of the molecule is COc1cccc(C(CNC(=O)Nc2ccc(C)c(Cl)c2)N(C)C)c1. The number of likely N-dealkylation sites (N-methyl/N-ethyl adjacent to an activating group) is 1. The second-order valence-electron chi connectivity index (χ2n) is 6.06. The van der Waals surface area contributed by atoms with E-state index < -0.39 is 0 Å². The molecule has 0 aliphatic heterocycles. The number of ether oxygens (including phenoxy) is 1. The number of nitrogens with zero attached hydrogens (tertiary/aromatic N) is 1. The van der Waals surface area contributed by atoms with Crippen molar-refractivity contribution in [1.29, 1.82) is 0 Å². The van der Waals surface area contributed by atoms with Crippen LogP contribution in [-0.4, -0.2) is 38.7 Å². The number of hydrogen-bond donors (Lipinski definition) is 2. The zero-order chi connectivity index (χ0) is 18.4. The minimum absolute atomic E-state index is 0.0301. The van der Waals surface area contributed by atoms with Gasteiger partial charge in [-0.3, -0.25) is 0 Å². The monoisotopic (exact) mass is 361 g/mol. The Morgan fingerprint density at radius 1 is 1.24 bits per heavy atom. The van der Waals surface area contributed by atoms with E-state index in [1.165, 1.54) is 0 Å². The molecule has 2 N–H and O–H groups in total. The first-order valence-electron chi connectivity index (χ1n) is 8.02. The van der Waals surface area contributed by atoms with Crippen LogP contribution in [0.25, 0.3) is 0 Å². The van der Waals surface area contributed by atoms with Crippen LogP contribution in [0.4, 0.5) is 10.5 Å². The third-order valence-corrected chi connectivity index (χ3v) is 4.39. The summed E-state index contributed by atoms with van der Waals surface area (Å²) in [6.07, 6.45) is 0. The number of rotatable bonds is 6. The highest BCUT2D eigenvalue weighted by molar-refractivity contribution is 6.31. The van der Waals surface area contributed by atoms with Crippen molar-refractivity contribution in [3.8, 4) is 5.75 Å². The van der Waals surface area contributed by atoms with Crippen molar-refractivity contribution in [2.75, 3.05) is 33.1 Å². The molecule has 5 nitrogen and oxygen atoms in total. The molecule has 0 aliphatic carbocycles. The maximum atomic E-state index is 12.2. The van der Waals surface area contributed by atoms with Crippen LogP contribution >= 0.6 is 11.6 Å². The Kier molecular flexibility index (Phi) is 6.67. The van der Waals surface area contributed by atoms with Crippen LogP contribution in [0.15, 0.2) is 42.5 Å². The maximum absolute atomic E-state index is 12.2. The van der Waals surface area contributed by atoms with Crippen molar-refractivity contribution in [1.82, 2.24) is 10.2 Å². The van der Waals surface area contributed by atoms with Crippen molar-refractivity contribution >= 4 is 23.3 Å². The third kappa shape index (κ3) is 5.37. The molecule has 6 heteroatoms. The van der Waals surface area contributed by atoms with E-state index in [1.807, 2.05) is 57.4 Å². The fourth-order valence-electron chi connectivity index (χ4n) is 2.48. The number of methoxy groups -OCH3 is 1. The van der Waals surface area contributed by atoms with Gasteiger partial charge in [0.1, 0.15) is 5.75 Å². The number of benzene rings is 2. The molecule has 0 saturated carbocycles. The normalized spacial score (nSPS) is 11.9. The number of anilines is 1. The molecule has 0 spiro atoms. The molecule has 1 unspecified atom stereocenters. The lowest BCUT2D eigenvalue weighted by molar-refractivity contribution is 0.243. The molecule has 0 radical (unpaired) electrons. The molecule has 0 heterocycles. The van der Waals surface area contributed by atoms with Gasteiger partial charge in [-0.2, -0.15) is 0 Å². The van der Waals surface area contributed by atoms with Gasteiger partial charge < -0.3 is 20.3 Å². The standard InChI is InChI=1S/C19H24ClN3O2/c1-13-8-9-15(11-17(13)20)22-19(24)21-12-18(23(2)3)14-6-5-7-16(10-14)25-4/h5-11,18H,12H2,1-4H3,(H2,21,22,24). The summed E-state index contributed by atoms with van der Waals surface area (Å²) in [4.78, 5) is 14.2. The van der Waals surface area contributed by atoms with Crippen molar-refractivity contribution in [3.63, 3.8) is 0 Å². The van der Waals surface area contributed by atoms with Gasteiger partial charge in [0, 0.05) is 17.3 Å². The molecule has 2 aromatic carbocycles. The van der Waals surface area contributed by atoms with E-state index in [2.05, 4.69) is 15.5 Å². The molecule has 2 aromatic rings. The summed E-state index contributed by atoms with van der Waals surface area (Å²) in [6.45, 7) is 2.38. The molecular weight excluding hydrogens is 338 g/mol. The highest BCUT2D eigenvalue weighted by Crippen LogP contribution is 2.22. The van der Waals surface area contributed by atoms with Gasteiger partial charge in [-0.1, -0.05) is 29.8 Å². The number of aryl methyl sites for hydroxylation is 1. The summed E-state index contributed by atoms with van der Waals surface area (Å²) < 4.78 is 5.28. The Balaban J connectivity index is 2.00. The number of carbonyl (C=O) groups excluding carboxylic acids is 1. The Morgan fingerprint density at radius 2 is 2.00 bits per heavy atom. The smallest absolute Gasteiger partial charge is 0.319 e. The zero-order valence-electron chi connectivity index (χ0n) is 15.0. The van der Waals surface area contributed by atoms with E-state index in [9.17, 15) is 4.79 Å². The van der Waals surface area contributed by atoms with Crippen LogP contribution in [0.1, 0.15) is 17.2 Å². The first-order chi connectivity index (χ1) is 11.9. The average molecular weight is 362 g/mol. The van der Waals surface area contributed by atoms with Crippen LogP contribution < -0.4 is 15.4 Å². The summed E-state index contributed by atoms with van der Waals surface area (Å²) in [6, 6.07) is 13.0. The van der Waals surface area contributed by atoms with Gasteiger partial charge in [0.05, 0.1) is 13.2 Å². The fourth-order valence-corrected chi connectivity index (χ4v) is 2.66. The number of nitrogens with one attached hydrogen (secondary N) is 2. The van der Waals surface area contributed by atoms with Crippen LogP contribution in [0.5, 0.6) is 5.75 Å². The molecule has 134 valence electrons. The summed E-state index contributed by atoms with van der Waals surface area (Å²) in [5.41, 5.74) is 2.71. The highest BCUT2D eigenvalue weighted by Gasteiger charge is 2.16. The van der Waals surface area contributed by atoms with E-state index >= 15 is 0 Å². The minimum Gasteiger partial charge on any atom is -0.497 e. The largest absolute Gasteiger partial charge is 0.497 e. The van der Waals surface area contributed by atoms with Crippen LogP contribution in [0, 0.1) is 6.92 Å². The molecule has 0 bridgehead atoms. The Hall–Kier alpha value is -2.24. The van der Waals surface area contributed by atoms with Gasteiger partial charge >= 0.3 is 6.03 Å². The molecule has 0 fully saturated rings. The fraction of sp³-hybridized carbons (Fsp3) is 0.316. The molecule has 1 atom stereocenters. The molecule has 25 heavy (non-hydrogen) atoms. The van der Waals surface area contributed by atoms with E-state index in [4.69, 9.17) is 16.3 Å². The van der Waals surface area contributed by atoms with E-state index in [-0.39, 0.29) is 12.1 Å². The predicted molar refractivity (Wildman–Crippen MR) is 103 cm³/mol. The number of amides is 2. The number of halogens is 1. The van der Waals surface area contributed by atoms with Gasteiger partial charge in [0.15, 0.2) is 0 Å². The second-order valence-corrected chi connectivity index (χ2v) is 6.46. The second kappa shape index (κ2) is 8.74. The molecule has 0 aliphatic rings. The Morgan fingerprint density at radius 3 is 2.64 bits per heavy atom. The number of carbonyl (C=O) groups is 1. The summed E-state index contributed by atoms with van der Waals surface area (Å²) >= 11 is 6.08. The van der Waals surface area contributed by atoms with Crippen molar-refractivity contribution in [3.05, 3.63) is 58.6 Å². The Labute approximate surface area is 153 Å². The minimum atomic E-state index is -0.269. The van der Waals surface area contributed by atoms with Crippen molar-refractivity contribution in [2.24, 2.45) is 0 Å². The van der Waals surface area contributed by atoms with Gasteiger partial charge in [-0.15, -0.1) is 0 Å². The maximum Gasteiger partial charge on any atom is 0.319 e. The zero-order valence-corrected chi connectivity index (χ0v) is 15.7. The van der Waals surface area contributed by atoms with Crippen LogP contribution in [0.2, 0.25) is 5.02 Å². The lowest BCUT2D eigenvalue weighted by Gasteiger charge is -2.25. The van der Waals surface area contributed by atoms with Crippen LogP contribution in [-0.2, 0) is 0 Å². The quantitative estimate of drug-likeness (QED) is 0.815. The average Bonchev–Trinajstić information content (AvgIpc) is 2.58. The summed E-state index contributed by atoms with van der Waals surface area (Å²) in [5, 5.41) is 6.33. The summed E-state index contributed by atoms with van der Waals surface area (Å²) in [5.74, 6) is 0.795.